The Labute approximate surface area is 129 Å². The molecule has 0 aliphatic rings. The van der Waals surface area contributed by atoms with Crippen LogP contribution >= 0.6 is 15.9 Å². The van der Waals surface area contributed by atoms with Gasteiger partial charge in [-0.05, 0) is 46.3 Å². The summed E-state index contributed by atoms with van der Waals surface area (Å²) in [6.45, 7) is 0. The normalized spacial score (nSPS) is 11.9. The Morgan fingerprint density at radius 2 is 1.90 bits per heavy atom. The van der Waals surface area contributed by atoms with Crippen molar-refractivity contribution < 1.29 is 8.42 Å². The van der Waals surface area contributed by atoms with E-state index in [9.17, 15) is 8.42 Å². The molecule has 2 N–H and O–H groups in total. The number of aromatic nitrogens is 3. The third-order valence-corrected chi connectivity index (χ3v) is 4.57. The number of sulfone groups is 1. The summed E-state index contributed by atoms with van der Waals surface area (Å²) in [6.07, 6.45) is 2.83. The molecule has 0 atom stereocenters. The molecule has 0 saturated carbocycles. The van der Waals surface area contributed by atoms with Crippen LogP contribution in [0.5, 0.6) is 0 Å². The standard InChI is InChI=1S/C13H11BrN4O2S/c1-21(19,20)10-4-2-9(3-5-10)18-12-11(17-13(18)15)6-8(14)7-16-12/h2-7H,1H3,(H2,15,17). The van der Waals surface area contributed by atoms with E-state index in [0.717, 1.165) is 4.47 Å². The van der Waals surface area contributed by atoms with Gasteiger partial charge >= 0.3 is 0 Å². The molecule has 0 saturated heterocycles. The first-order valence-corrected chi connectivity index (χ1v) is 8.65. The smallest absolute Gasteiger partial charge is 0.207 e. The van der Waals surface area contributed by atoms with Crippen LogP contribution in [0.2, 0.25) is 0 Å². The Morgan fingerprint density at radius 3 is 2.52 bits per heavy atom. The maximum Gasteiger partial charge on any atom is 0.207 e. The SMILES string of the molecule is CS(=O)(=O)c1ccc(-n2c(N)nc3cc(Br)cnc32)cc1. The predicted molar refractivity (Wildman–Crippen MR) is 84.1 cm³/mol. The fourth-order valence-electron chi connectivity index (χ4n) is 2.05. The molecule has 1 aromatic carbocycles. The monoisotopic (exact) mass is 366 g/mol. The molecule has 0 fully saturated rings. The van der Waals surface area contributed by atoms with Crippen LogP contribution in [-0.2, 0) is 9.84 Å². The first kappa shape index (κ1) is 14.0. The van der Waals surface area contributed by atoms with Gasteiger partial charge in [-0.2, -0.15) is 0 Å². The number of hydrogen-bond acceptors (Lipinski definition) is 5. The van der Waals surface area contributed by atoms with E-state index >= 15 is 0 Å². The van der Waals surface area contributed by atoms with Crippen molar-refractivity contribution in [1.29, 1.82) is 0 Å². The Hall–Kier alpha value is -1.93. The summed E-state index contributed by atoms with van der Waals surface area (Å²) in [5, 5.41) is 0. The van der Waals surface area contributed by atoms with E-state index in [4.69, 9.17) is 5.73 Å². The largest absolute Gasteiger partial charge is 0.369 e. The average molecular weight is 367 g/mol. The molecule has 0 bridgehead atoms. The first-order chi connectivity index (χ1) is 9.86. The average Bonchev–Trinajstić information content (AvgIpc) is 2.73. The van der Waals surface area contributed by atoms with Crippen molar-refractivity contribution in [3.63, 3.8) is 0 Å². The third-order valence-electron chi connectivity index (χ3n) is 3.01. The number of benzene rings is 1. The van der Waals surface area contributed by atoms with E-state index in [-0.39, 0.29) is 4.90 Å². The minimum Gasteiger partial charge on any atom is -0.369 e. The summed E-state index contributed by atoms with van der Waals surface area (Å²) in [4.78, 5) is 8.81. The van der Waals surface area contributed by atoms with Crippen LogP contribution < -0.4 is 5.73 Å². The number of fused-ring (bicyclic) bond motifs is 1. The molecule has 0 spiro atoms. The van der Waals surface area contributed by atoms with E-state index < -0.39 is 9.84 Å². The van der Waals surface area contributed by atoms with Gasteiger partial charge in [0, 0.05) is 16.9 Å². The zero-order chi connectivity index (χ0) is 15.2. The lowest BCUT2D eigenvalue weighted by Crippen LogP contribution is -2.02. The van der Waals surface area contributed by atoms with Crippen molar-refractivity contribution in [3.05, 3.63) is 41.0 Å². The second kappa shape index (κ2) is 4.81. The number of nitrogens with zero attached hydrogens (tertiary/aromatic N) is 3. The van der Waals surface area contributed by atoms with Crippen molar-refractivity contribution >= 4 is 42.9 Å². The van der Waals surface area contributed by atoms with Crippen LogP contribution in [0.3, 0.4) is 0 Å². The van der Waals surface area contributed by atoms with Gasteiger partial charge in [-0.15, -0.1) is 0 Å². The molecule has 0 amide bonds. The summed E-state index contributed by atoms with van der Waals surface area (Å²) >= 11 is 3.33. The number of imidazole rings is 1. The van der Waals surface area contributed by atoms with E-state index in [1.165, 1.54) is 18.4 Å². The molecule has 6 nitrogen and oxygen atoms in total. The minimum absolute atomic E-state index is 0.255. The van der Waals surface area contributed by atoms with Gasteiger partial charge in [-0.1, -0.05) is 0 Å². The lowest BCUT2D eigenvalue weighted by atomic mass is 10.3. The Bertz CT molecular complexity index is 933. The van der Waals surface area contributed by atoms with Crippen LogP contribution in [0.4, 0.5) is 5.95 Å². The van der Waals surface area contributed by atoms with Gasteiger partial charge in [0.15, 0.2) is 15.5 Å². The van der Waals surface area contributed by atoms with E-state index in [1.807, 2.05) is 6.07 Å². The summed E-state index contributed by atoms with van der Waals surface area (Å²) in [5.74, 6) is 0.294. The molecular weight excluding hydrogens is 356 g/mol. The van der Waals surface area contributed by atoms with Crippen LogP contribution in [0, 0.1) is 0 Å². The number of anilines is 1. The Kier molecular flexibility index (Phi) is 3.22. The first-order valence-electron chi connectivity index (χ1n) is 5.96. The van der Waals surface area contributed by atoms with Crippen molar-refractivity contribution in [2.75, 3.05) is 12.0 Å². The van der Waals surface area contributed by atoms with Gasteiger partial charge in [0.1, 0.15) is 5.52 Å². The molecule has 0 unspecified atom stereocenters. The Morgan fingerprint density at radius 1 is 1.24 bits per heavy atom. The number of pyridine rings is 1. The molecule has 0 aliphatic carbocycles. The maximum atomic E-state index is 11.5. The van der Waals surface area contributed by atoms with Crippen molar-refractivity contribution in [1.82, 2.24) is 14.5 Å². The van der Waals surface area contributed by atoms with Gasteiger partial charge in [0.2, 0.25) is 5.95 Å². The van der Waals surface area contributed by atoms with Crippen LogP contribution in [-0.4, -0.2) is 29.2 Å². The molecule has 2 aromatic heterocycles. The van der Waals surface area contributed by atoms with Crippen LogP contribution in [0.15, 0.2) is 45.9 Å². The summed E-state index contributed by atoms with van der Waals surface area (Å²) < 4.78 is 25.5. The number of nitrogens with two attached hydrogens (primary N) is 1. The van der Waals surface area contributed by atoms with Crippen molar-refractivity contribution in [3.8, 4) is 5.69 Å². The van der Waals surface area contributed by atoms with Gasteiger partial charge in [-0.3, -0.25) is 4.57 Å². The molecule has 3 rings (SSSR count). The second-order valence-electron chi connectivity index (χ2n) is 4.57. The molecule has 3 aromatic rings. The topological polar surface area (TPSA) is 90.9 Å². The summed E-state index contributed by atoms with van der Waals surface area (Å²) in [5.41, 5.74) is 7.92. The zero-order valence-corrected chi connectivity index (χ0v) is 13.4. The molecule has 0 radical (unpaired) electrons. The molecular formula is C13H11BrN4O2S. The van der Waals surface area contributed by atoms with Crippen LogP contribution in [0.25, 0.3) is 16.9 Å². The lowest BCUT2D eigenvalue weighted by Gasteiger charge is -2.06. The Balaban J connectivity index is 2.19. The molecule has 21 heavy (non-hydrogen) atoms. The summed E-state index contributed by atoms with van der Waals surface area (Å²) in [7, 11) is -3.22. The highest BCUT2D eigenvalue weighted by Gasteiger charge is 2.13. The highest BCUT2D eigenvalue weighted by Crippen LogP contribution is 2.24. The third kappa shape index (κ3) is 2.52. The van der Waals surface area contributed by atoms with E-state index in [1.54, 1.807) is 22.9 Å². The molecule has 2 heterocycles. The van der Waals surface area contributed by atoms with Gasteiger partial charge in [-0.25, -0.2) is 18.4 Å². The number of halogens is 1. The highest BCUT2D eigenvalue weighted by molar-refractivity contribution is 9.10. The predicted octanol–water partition coefficient (Wildman–Crippen LogP) is 2.17. The van der Waals surface area contributed by atoms with E-state index in [2.05, 4.69) is 25.9 Å². The highest BCUT2D eigenvalue weighted by atomic mass is 79.9. The van der Waals surface area contributed by atoms with Crippen molar-refractivity contribution in [2.45, 2.75) is 4.90 Å². The van der Waals surface area contributed by atoms with E-state index in [0.29, 0.717) is 22.8 Å². The van der Waals surface area contributed by atoms with Gasteiger partial charge < -0.3 is 5.73 Å². The number of hydrogen-bond donors (Lipinski definition) is 1. The fraction of sp³-hybridized carbons (Fsp3) is 0.0769. The number of rotatable bonds is 2. The zero-order valence-electron chi connectivity index (χ0n) is 11.0. The number of nitrogen functional groups attached to an aromatic ring is 1. The summed E-state index contributed by atoms with van der Waals surface area (Å²) in [6, 6.07) is 8.25. The second-order valence-corrected chi connectivity index (χ2v) is 7.50. The van der Waals surface area contributed by atoms with Gasteiger partial charge in [0.25, 0.3) is 0 Å². The quantitative estimate of drug-likeness (QED) is 0.750. The fourth-order valence-corrected chi connectivity index (χ4v) is 3.00. The molecule has 108 valence electrons. The van der Waals surface area contributed by atoms with Gasteiger partial charge in [0.05, 0.1) is 10.6 Å². The minimum atomic E-state index is -3.22. The lowest BCUT2D eigenvalue weighted by molar-refractivity contribution is 0.602. The molecule has 0 aliphatic heterocycles. The molecule has 8 heteroatoms. The van der Waals surface area contributed by atoms with Crippen molar-refractivity contribution in [2.24, 2.45) is 0 Å². The maximum absolute atomic E-state index is 11.5. The van der Waals surface area contributed by atoms with Crippen LogP contribution in [0.1, 0.15) is 0 Å².